The summed E-state index contributed by atoms with van der Waals surface area (Å²) < 4.78 is 25.2. The molecule has 5 nitrogen and oxygen atoms in total. The monoisotopic (exact) mass is 282 g/mol. The van der Waals surface area contributed by atoms with Crippen LogP contribution in [0.1, 0.15) is 32.1 Å². The molecule has 0 spiro atoms. The van der Waals surface area contributed by atoms with Crippen molar-refractivity contribution in [1.82, 2.24) is 10.0 Å². The second-order valence-electron chi connectivity index (χ2n) is 4.20. The highest BCUT2D eigenvalue weighted by Crippen LogP contribution is 2.18. The van der Waals surface area contributed by atoms with E-state index in [1.165, 1.54) is 0 Å². The lowest BCUT2D eigenvalue weighted by atomic mass is 10.3. The van der Waals surface area contributed by atoms with E-state index in [4.69, 9.17) is 11.6 Å². The molecule has 0 aromatic heterocycles. The van der Waals surface area contributed by atoms with Gasteiger partial charge in [0.2, 0.25) is 15.9 Å². The van der Waals surface area contributed by atoms with Crippen molar-refractivity contribution >= 4 is 27.5 Å². The Bertz CT molecular complexity index is 341. The van der Waals surface area contributed by atoms with Gasteiger partial charge >= 0.3 is 0 Å². The van der Waals surface area contributed by atoms with Crippen LogP contribution in [-0.4, -0.2) is 38.5 Å². The lowest BCUT2D eigenvalue weighted by Crippen LogP contribution is -2.30. The van der Waals surface area contributed by atoms with E-state index in [0.29, 0.717) is 37.7 Å². The van der Waals surface area contributed by atoms with E-state index in [0.717, 1.165) is 12.8 Å². The summed E-state index contributed by atoms with van der Waals surface area (Å²) in [6.07, 6.45) is 3.47. The van der Waals surface area contributed by atoms with Crippen LogP contribution in [0.4, 0.5) is 0 Å². The minimum atomic E-state index is -3.22. The molecule has 1 amide bonds. The summed E-state index contributed by atoms with van der Waals surface area (Å²) in [5.74, 6) is 0.391. The molecule has 100 valence electrons. The topological polar surface area (TPSA) is 75.3 Å². The van der Waals surface area contributed by atoms with Gasteiger partial charge in [-0.05, 0) is 25.7 Å². The number of halogens is 1. The minimum absolute atomic E-state index is 0.00690. The number of sulfonamides is 1. The van der Waals surface area contributed by atoms with Gasteiger partial charge in [0, 0.05) is 24.9 Å². The Morgan fingerprint density at radius 1 is 1.29 bits per heavy atom. The fraction of sp³-hybridized carbons (Fsp3) is 0.900. The molecular formula is C10H19ClN2O3S. The maximum absolute atomic E-state index is 11.4. The summed E-state index contributed by atoms with van der Waals surface area (Å²) >= 11 is 5.42. The zero-order chi connectivity index (χ0) is 12.7. The van der Waals surface area contributed by atoms with Gasteiger partial charge in [0.05, 0.1) is 5.75 Å². The molecule has 0 aromatic rings. The lowest BCUT2D eigenvalue weighted by molar-refractivity contribution is -0.121. The van der Waals surface area contributed by atoms with Crippen molar-refractivity contribution in [1.29, 1.82) is 0 Å². The van der Waals surface area contributed by atoms with Gasteiger partial charge in [-0.2, -0.15) is 0 Å². The molecule has 1 aliphatic carbocycles. The zero-order valence-electron chi connectivity index (χ0n) is 9.75. The molecular weight excluding hydrogens is 264 g/mol. The molecule has 2 N–H and O–H groups in total. The number of amides is 1. The Morgan fingerprint density at radius 3 is 2.59 bits per heavy atom. The highest BCUT2D eigenvalue weighted by atomic mass is 35.5. The maximum Gasteiger partial charge on any atom is 0.220 e. The van der Waals surface area contributed by atoms with Gasteiger partial charge in [0.15, 0.2) is 0 Å². The fourth-order valence-electron chi connectivity index (χ4n) is 1.32. The Labute approximate surface area is 107 Å². The van der Waals surface area contributed by atoms with Crippen LogP contribution in [0.25, 0.3) is 0 Å². The molecule has 0 saturated heterocycles. The predicted molar refractivity (Wildman–Crippen MR) is 67.5 cm³/mol. The summed E-state index contributed by atoms with van der Waals surface area (Å²) in [5, 5.41) is 2.85. The standard InChI is InChI=1S/C10H19ClN2O3S/c11-6-2-8-17(15,16)12-7-1-3-10(14)13-9-4-5-9/h9,12H,1-8H2,(H,13,14). The Morgan fingerprint density at radius 2 is 2.00 bits per heavy atom. The van der Waals surface area contributed by atoms with Crippen molar-refractivity contribution in [3.63, 3.8) is 0 Å². The second kappa shape index (κ2) is 7.18. The maximum atomic E-state index is 11.4. The summed E-state index contributed by atoms with van der Waals surface area (Å²) in [7, 11) is -3.22. The molecule has 1 saturated carbocycles. The van der Waals surface area contributed by atoms with Crippen LogP contribution in [0.2, 0.25) is 0 Å². The van der Waals surface area contributed by atoms with Gasteiger partial charge in [-0.25, -0.2) is 13.1 Å². The highest BCUT2D eigenvalue weighted by Gasteiger charge is 2.22. The fourth-order valence-corrected chi connectivity index (χ4v) is 2.74. The minimum Gasteiger partial charge on any atom is -0.353 e. The number of carbonyl (C=O) groups is 1. The largest absolute Gasteiger partial charge is 0.353 e. The Kier molecular flexibility index (Phi) is 6.22. The van der Waals surface area contributed by atoms with Gasteiger partial charge < -0.3 is 5.32 Å². The summed E-state index contributed by atoms with van der Waals surface area (Å²) in [5.41, 5.74) is 0. The molecule has 1 fully saturated rings. The normalized spacial score (nSPS) is 15.8. The zero-order valence-corrected chi connectivity index (χ0v) is 11.3. The third kappa shape index (κ3) is 7.57. The molecule has 7 heteroatoms. The first kappa shape index (κ1) is 14.7. The molecule has 0 aromatic carbocycles. The number of rotatable bonds is 9. The van der Waals surface area contributed by atoms with E-state index >= 15 is 0 Å². The van der Waals surface area contributed by atoms with Gasteiger partial charge in [0.1, 0.15) is 0 Å². The molecule has 17 heavy (non-hydrogen) atoms. The highest BCUT2D eigenvalue weighted by molar-refractivity contribution is 7.89. The van der Waals surface area contributed by atoms with E-state index in [2.05, 4.69) is 10.0 Å². The lowest BCUT2D eigenvalue weighted by Gasteiger charge is -2.06. The molecule has 0 aliphatic heterocycles. The van der Waals surface area contributed by atoms with Crippen LogP contribution in [0, 0.1) is 0 Å². The third-order valence-electron chi connectivity index (χ3n) is 2.39. The van der Waals surface area contributed by atoms with Crippen molar-refractivity contribution in [2.75, 3.05) is 18.2 Å². The molecule has 0 heterocycles. The third-order valence-corrected chi connectivity index (χ3v) is 4.13. The number of hydrogen-bond acceptors (Lipinski definition) is 3. The first-order chi connectivity index (χ1) is 8.03. The first-order valence-corrected chi connectivity index (χ1v) is 8.05. The first-order valence-electron chi connectivity index (χ1n) is 5.86. The second-order valence-corrected chi connectivity index (χ2v) is 6.51. The molecule has 0 radical (unpaired) electrons. The van der Waals surface area contributed by atoms with E-state index in [1.807, 2.05) is 0 Å². The van der Waals surface area contributed by atoms with Gasteiger partial charge in [0.25, 0.3) is 0 Å². The average molecular weight is 283 g/mol. The van der Waals surface area contributed by atoms with E-state index in [1.54, 1.807) is 0 Å². The summed E-state index contributed by atoms with van der Waals surface area (Å²) in [4.78, 5) is 11.3. The van der Waals surface area contributed by atoms with Gasteiger partial charge in [-0.15, -0.1) is 11.6 Å². The Hall–Kier alpha value is -0.330. The quantitative estimate of drug-likeness (QED) is 0.480. The van der Waals surface area contributed by atoms with Crippen LogP contribution in [0.5, 0.6) is 0 Å². The van der Waals surface area contributed by atoms with Crippen LogP contribution in [0.15, 0.2) is 0 Å². The number of hydrogen-bond donors (Lipinski definition) is 2. The number of nitrogens with one attached hydrogen (secondary N) is 2. The van der Waals surface area contributed by atoms with Crippen LogP contribution in [0.3, 0.4) is 0 Å². The van der Waals surface area contributed by atoms with Gasteiger partial charge in [-0.1, -0.05) is 0 Å². The van der Waals surface area contributed by atoms with E-state index in [9.17, 15) is 13.2 Å². The van der Waals surface area contributed by atoms with Crippen molar-refractivity contribution in [3.05, 3.63) is 0 Å². The molecule has 0 atom stereocenters. The van der Waals surface area contributed by atoms with E-state index in [-0.39, 0.29) is 11.7 Å². The van der Waals surface area contributed by atoms with Gasteiger partial charge in [-0.3, -0.25) is 4.79 Å². The van der Waals surface area contributed by atoms with Crippen molar-refractivity contribution in [3.8, 4) is 0 Å². The molecule has 1 rings (SSSR count). The molecule has 0 unspecified atom stereocenters. The van der Waals surface area contributed by atoms with Crippen LogP contribution >= 0.6 is 11.6 Å². The van der Waals surface area contributed by atoms with Crippen molar-refractivity contribution in [2.45, 2.75) is 38.1 Å². The predicted octanol–water partition coefficient (Wildman–Crippen LogP) is 0.593. The molecule has 1 aliphatic rings. The Balaban J connectivity index is 2.03. The smallest absolute Gasteiger partial charge is 0.220 e. The summed E-state index contributed by atoms with van der Waals surface area (Å²) in [6, 6.07) is 0.364. The van der Waals surface area contributed by atoms with Crippen LogP contribution in [-0.2, 0) is 14.8 Å². The average Bonchev–Trinajstić information content (AvgIpc) is 3.06. The SMILES string of the molecule is O=C(CCCNS(=O)(=O)CCCCl)NC1CC1. The van der Waals surface area contributed by atoms with Crippen molar-refractivity contribution in [2.24, 2.45) is 0 Å². The van der Waals surface area contributed by atoms with Crippen LogP contribution < -0.4 is 10.0 Å². The summed E-state index contributed by atoms with van der Waals surface area (Å²) in [6.45, 7) is 0.308. The van der Waals surface area contributed by atoms with E-state index < -0.39 is 10.0 Å². The molecule has 0 bridgehead atoms. The number of alkyl halides is 1. The number of carbonyl (C=O) groups excluding carboxylic acids is 1. The van der Waals surface area contributed by atoms with Crippen molar-refractivity contribution < 1.29 is 13.2 Å².